The lowest BCUT2D eigenvalue weighted by Crippen LogP contribution is -2.02. The summed E-state index contributed by atoms with van der Waals surface area (Å²) in [5.41, 5.74) is 1.80. The number of rotatable bonds is 0. The Morgan fingerprint density at radius 3 is 2.57 bits per heavy atom. The van der Waals surface area contributed by atoms with Crippen molar-refractivity contribution in [3.63, 3.8) is 0 Å². The molecule has 0 spiro atoms. The molecule has 4 aliphatic carbocycles. The quantitative estimate of drug-likeness (QED) is 0.398. The lowest BCUT2D eigenvalue weighted by Gasteiger charge is -2.15. The molecule has 4 aliphatic rings. The maximum absolute atomic E-state index is 2.48. The van der Waals surface area contributed by atoms with Crippen LogP contribution in [-0.2, 0) is 0 Å². The summed E-state index contributed by atoms with van der Waals surface area (Å²) < 4.78 is 0. The first-order valence-corrected chi connectivity index (χ1v) is 3.16. The van der Waals surface area contributed by atoms with Gasteiger partial charge in [0.2, 0.25) is 0 Å². The Labute approximate surface area is 43.2 Å². The molecular weight excluding hydrogens is 84.1 g/mol. The highest BCUT2D eigenvalue weighted by Gasteiger charge is 2.55. The van der Waals surface area contributed by atoms with Crippen molar-refractivity contribution in [1.29, 1.82) is 0 Å². The third kappa shape index (κ3) is 0.170. The number of allylic oxidation sites excluding steroid dienone is 2. The standard InChI is InChI=1S/C7H8/c1-4-2-5(1)7-3-6(4)7/h1,4,6-7H,2-3H2. The summed E-state index contributed by atoms with van der Waals surface area (Å²) in [4.78, 5) is 0. The predicted molar refractivity (Wildman–Crippen MR) is 27.8 cm³/mol. The summed E-state index contributed by atoms with van der Waals surface area (Å²) in [6.45, 7) is 0. The first-order chi connectivity index (χ1) is 3.45. The van der Waals surface area contributed by atoms with Crippen molar-refractivity contribution in [2.45, 2.75) is 12.8 Å². The topological polar surface area (TPSA) is 0 Å². The molecule has 0 aliphatic heterocycles. The lowest BCUT2D eigenvalue weighted by atomic mass is 9.90. The third-order valence-corrected chi connectivity index (χ3v) is 2.77. The molecule has 0 radical (unpaired) electrons. The molecule has 3 atom stereocenters. The van der Waals surface area contributed by atoms with Gasteiger partial charge in [-0.2, -0.15) is 0 Å². The fourth-order valence-electron chi connectivity index (χ4n) is 2.18. The fourth-order valence-corrected chi connectivity index (χ4v) is 2.18. The second-order valence-electron chi connectivity index (χ2n) is 3.12. The van der Waals surface area contributed by atoms with Gasteiger partial charge in [0.1, 0.15) is 0 Å². The van der Waals surface area contributed by atoms with E-state index in [4.69, 9.17) is 0 Å². The molecule has 0 nitrogen and oxygen atoms in total. The SMILES string of the molecule is C1=C2CC1C1CC21. The van der Waals surface area contributed by atoms with Crippen molar-refractivity contribution >= 4 is 0 Å². The average molecular weight is 92.1 g/mol. The summed E-state index contributed by atoms with van der Waals surface area (Å²) in [6.07, 6.45) is 5.52. The largest absolute Gasteiger partial charge is 0.0813 e. The van der Waals surface area contributed by atoms with Gasteiger partial charge < -0.3 is 0 Å². The second-order valence-corrected chi connectivity index (χ2v) is 3.12. The van der Waals surface area contributed by atoms with Crippen LogP contribution >= 0.6 is 0 Å². The molecule has 2 fully saturated rings. The lowest BCUT2D eigenvalue weighted by molar-refractivity contribution is 0.574. The van der Waals surface area contributed by atoms with Gasteiger partial charge in [-0.1, -0.05) is 11.6 Å². The van der Waals surface area contributed by atoms with Gasteiger partial charge in [-0.05, 0) is 30.6 Å². The van der Waals surface area contributed by atoms with Crippen LogP contribution < -0.4 is 0 Å². The minimum atomic E-state index is 1.07. The smallest absolute Gasteiger partial charge is 0.0159 e. The zero-order valence-electron chi connectivity index (χ0n) is 4.22. The summed E-state index contributed by atoms with van der Waals surface area (Å²) in [5, 5.41) is 0. The first kappa shape index (κ1) is 2.91. The molecule has 4 rings (SSSR count). The Balaban J connectivity index is 2.24. The van der Waals surface area contributed by atoms with E-state index in [1.807, 2.05) is 0 Å². The fraction of sp³-hybridized carbons (Fsp3) is 0.714. The van der Waals surface area contributed by atoms with E-state index in [0.717, 1.165) is 17.8 Å². The molecule has 0 saturated heterocycles. The molecule has 0 heterocycles. The molecule has 2 bridgehead atoms. The third-order valence-electron chi connectivity index (χ3n) is 2.77. The van der Waals surface area contributed by atoms with Crippen LogP contribution in [0.25, 0.3) is 0 Å². The van der Waals surface area contributed by atoms with E-state index in [2.05, 4.69) is 6.08 Å². The second kappa shape index (κ2) is 0.594. The van der Waals surface area contributed by atoms with Crippen LogP contribution in [-0.4, -0.2) is 0 Å². The average Bonchev–Trinajstić information content (AvgIpc) is 2.10. The minimum absolute atomic E-state index is 1.07. The Morgan fingerprint density at radius 2 is 2.43 bits per heavy atom. The van der Waals surface area contributed by atoms with Gasteiger partial charge in [0.15, 0.2) is 0 Å². The van der Waals surface area contributed by atoms with Crippen molar-refractivity contribution in [1.82, 2.24) is 0 Å². The Morgan fingerprint density at radius 1 is 1.57 bits per heavy atom. The summed E-state index contributed by atoms with van der Waals surface area (Å²) in [7, 11) is 0. The molecule has 0 aromatic carbocycles. The Kier molecular flexibility index (Phi) is 0.247. The molecule has 0 aromatic heterocycles. The van der Waals surface area contributed by atoms with Gasteiger partial charge in [-0.15, -0.1) is 0 Å². The van der Waals surface area contributed by atoms with E-state index in [9.17, 15) is 0 Å². The van der Waals surface area contributed by atoms with Crippen LogP contribution in [0.4, 0.5) is 0 Å². The summed E-state index contributed by atoms with van der Waals surface area (Å²) in [5.74, 6) is 3.35. The van der Waals surface area contributed by atoms with Gasteiger partial charge in [0.05, 0.1) is 0 Å². The van der Waals surface area contributed by atoms with E-state index < -0.39 is 0 Å². The Bertz CT molecular complexity index is 153. The maximum Gasteiger partial charge on any atom is -0.0159 e. The van der Waals surface area contributed by atoms with Gasteiger partial charge in [0, 0.05) is 0 Å². The van der Waals surface area contributed by atoms with Crippen molar-refractivity contribution in [3.8, 4) is 0 Å². The molecule has 0 amide bonds. The molecule has 3 unspecified atom stereocenters. The van der Waals surface area contributed by atoms with Crippen molar-refractivity contribution in [2.24, 2.45) is 17.8 Å². The van der Waals surface area contributed by atoms with E-state index in [-0.39, 0.29) is 0 Å². The maximum atomic E-state index is 2.48. The van der Waals surface area contributed by atoms with E-state index >= 15 is 0 Å². The zero-order valence-corrected chi connectivity index (χ0v) is 4.22. The van der Waals surface area contributed by atoms with Crippen molar-refractivity contribution in [2.75, 3.05) is 0 Å². The number of hydrogen-bond acceptors (Lipinski definition) is 0. The number of hydrogen-bond donors (Lipinski definition) is 0. The minimum Gasteiger partial charge on any atom is -0.0813 e. The Hall–Kier alpha value is -0.260. The molecule has 0 aromatic rings. The normalized spacial score (nSPS) is 60.6. The highest BCUT2D eigenvalue weighted by atomic mass is 14.6. The monoisotopic (exact) mass is 92.1 g/mol. The molecule has 0 heteroatoms. The van der Waals surface area contributed by atoms with Crippen LogP contribution in [0.3, 0.4) is 0 Å². The molecule has 7 heavy (non-hydrogen) atoms. The van der Waals surface area contributed by atoms with E-state index in [1.165, 1.54) is 6.42 Å². The van der Waals surface area contributed by atoms with Gasteiger partial charge in [-0.3, -0.25) is 0 Å². The summed E-state index contributed by atoms with van der Waals surface area (Å²) in [6, 6.07) is 0. The van der Waals surface area contributed by atoms with Crippen LogP contribution in [0.5, 0.6) is 0 Å². The molecule has 2 saturated carbocycles. The van der Waals surface area contributed by atoms with Crippen LogP contribution in [0.1, 0.15) is 12.8 Å². The van der Waals surface area contributed by atoms with Crippen molar-refractivity contribution < 1.29 is 0 Å². The summed E-state index contributed by atoms with van der Waals surface area (Å²) >= 11 is 0. The molecule has 36 valence electrons. The van der Waals surface area contributed by atoms with Crippen LogP contribution in [0, 0.1) is 17.8 Å². The van der Waals surface area contributed by atoms with Crippen LogP contribution in [0.15, 0.2) is 11.6 Å². The van der Waals surface area contributed by atoms with E-state index in [0.29, 0.717) is 0 Å². The zero-order chi connectivity index (χ0) is 4.43. The predicted octanol–water partition coefficient (Wildman–Crippen LogP) is 1.58. The van der Waals surface area contributed by atoms with Gasteiger partial charge in [-0.25, -0.2) is 0 Å². The van der Waals surface area contributed by atoms with Gasteiger partial charge >= 0.3 is 0 Å². The highest BCUT2D eigenvalue weighted by Crippen LogP contribution is 2.65. The van der Waals surface area contributed by atoms with Crippen molar-refractivity contribution in [3.05, 3.63) is 11.6 Å². The molecular formula is C7H8. The molecule has 0 N–H and O–H groups in total. The highest BCUT2D eigenvalue weighted by molar-refractivity contribution is 5.36. The van der Waals surface area contributed by atoms with Gasteiger partial charge in [0.25, 0.3) is 0 Å². The van der Waals surface area contributed by atoms with E-state index in [1.54, 1.807) is 12.0 Å². The van der Waals surface area contributed by atoms with Crippen LogP contribution in [0.2, 0.25) is 0 Å². The first-order valence-electron chi connectivity index (χ1n) is 3.16.